The van der Waals surface area contributed by atoms with E-state index in [1.165, 1.54) is 20.8 Å². The maximum absolute atomic E-state index is 14.6. The van der Waals surface area contributed by atoms with Gasteiger partial charge in [-0.2, -0.15) is 8.78 Å². The molecule has 0 saturated heterocycles. The van der Waals surface area contributed by atoms with E-state index in [0.29, 0.717) is 6.42 Å². The van der Waals surface area contributed by atoms with Crippen molar-refractivity contribution in [2.75, 3.05) is 0 Å². The largest absolute Gasteiger partial charge is 0.346 e. The Morgan fingerprint density at radius 2 is 1.83 bits per heavy atom. The number of fused-ring (bicyclic) bond motifs is 1. The first-order chi connectivity index (χ1) is 10.7. The van der Waals surface area contributed by atoms with Crippen molar-refractivity contribution in [3.8, 4) is 0 Å². The second-order valence-electron chi connectivity index (χ2n) is 9.00. The van der Waals surface area contributed by atoms with E-state index in [9.17, 15) is 22.0 Å². The van der Waals surface area contributed by atoms with Gasteiger partial charge in [0.2, 0.25) is 9.84 Å². The first-order valence-electron chi connectivity index (χ1n) is 8.89. The number of hydrogen-bond acceptors (Lipinski definition) is 3. The number of carbonyl (C=O) groups is 1. The highest BCUT2D eigenvalue weighted by molar-refractivity contribution is 7.93. The molecule has 0 aliphatic heterocycles. The summed E-state index contributed by atoms with van der Waals surface area (Å²) in [7, 11) is -4.56. The Bertz CT molecular complexity index is 606. The molecule has 0 aromatic carbocycles. The fourth-order valence-corrected chi connectivity index (χ4v) is 6.36. The predicted octanol–water partition coefficient (Wildman–Crippen LogP) is 4.60. The molecule has 0 bridgehead atoms. The van der Waals surface area contributed by atoms with Gasteiger partial charge in [-0.1, -0.05) is 13.8 Å². The van der Waals surface area contributed by atoms with Crippen molar-refractivity contribution < 1.29 is 22.0 Å². The fraction of sp³-hybridized carbons (Fsp3) is 0.944. The van der Waals surface area contributed by atoms with Crippen molar-refractivity contribution in [1.82, 2.24) is 0 Å². The predicted molar refractivity (Wildman–Crippen MR) is 90.6 cm³/mol. The summed E-state index contributed by atoms with van der Waals surface area (Å²) in [5.41, 5.74) is -0.254. The van der Waals surface area contributed by atoms with Gasteiger partial charge < -0.3 is 0 Å². The average Bonchev–Trinajstić information content (AvgIpc) is 2.75. The third-order valence-corrected chi connectivity index (χ3v) is 8.95. The molecule has 0 aromatic rings. The van der Waals surface area contributed by atoms with E-state index < -0.39 is 32.2 Å². The zero-order valence-electron chi connectivity index (χ0n) is 15.4. The highest BCUT2D eigenvalue weighted by Crippen LogP contribution is 2.58. The molecule has 2 saturated carbocycles. The zero-order valence-corrected chi connectivity index (χ0v) is 16.2. The summed E-state index contributed by atoms with van der Waals surface area (Å²) in [6, 6.07) is 0. The van der Waals surface area contributed by atoms with Gasteiger partial charge in [0.15, 0.2) is 0 Å². The molecule has 0 amide bonds. The number of halogens is 2. The average molecular weight is 364 g/mol. The van der Waals surface area contributed by atoms with Crippen LogP contribution in [0.2, 0.25) is 0 Å². The molecule has 2 aliphatic rings. The van der Waals surface area contributed by atoms with Crippen LogP contribution in [0, 0.1) is 23.2 Å². The molecule has 140 valence electrons. The maximum Gasteiger partial charge on any atom is 0.346 e. The van der Waals surface area contributed by atoms with Crippen LogP contribution in [0.25, 0.3) is 0 Å². The summed E-state index contributed by atoms with van der Waals surface area (Å²) in [5.74, 6) is -0.232. The highest BCUT2D eigenvalue weighted by atomic mass is 32.2. The zero-order chi connectivity index (χ0) is 18.6. The molecular weight excluding hydrogens is 334 g/mol. The second kappa shape index (κ2) is 6.03. The van der Waals surface area contributed by atoms with Crippen LogP contribution in [0.5, 0.6) is 0 Å². The van der Waals surface area contributed by atoms with Gasteiger partial charge in [0.25, 0.3) is 0 Å². The van der Waals surface area contributed by atoms with Gasteiger partial charge in [-0.25, -0.2) is 8.42 Å². The van der Waals surface area contributed by atoms with Crippen LogP contribution in [0.3, 0.4) is 0 Å². The number of ketones is 1. The third kappa shape index (κ3) is 3.04. The molecule has 6 heteroatoms. The number of alkyl halides is 2. The quantitative estimate of drug-likeness (QED) is 0.732. The van der Waals surface area contributed by atoms with Crippen molar-refractivity contribution in [3.05, 3.63) is 0 Å². The minimum Gasteiger partial charge on any atom is -0.299 e. The molecule has 0 spiro atoms. The van der Waals surface area contributed by atoms with Gasteiger partial charge in [0.05, 0.1) is 4.75 Å². The van der Waals surface area contributed by atoms with Gasteiger partial charge in [-0.3, -0.25) is 4.79 Å². The van der Waals surface area contributed by atoms with E-state index >= 15 is 0 Å². The van der Waals surface area contributed by atoms with Crippen LogP contribution < -0.4 is 0 Å². The molecule has 2 fully saturated rings. The van der Waals surface area contributed by atoms with Crippen molar-refractivity contribution in [2.45, 2.75) is 83.1 Å². The molecule has 4 atom stereocenters. The molecule has 24 heavy (non-hydrogen) atoms. The van der Waals surface area contributed by atoms with Gasteiger partial charge in [-0.05, 0) is 63.7 Å². The number of rotatable bonds is 4. The lowest BCUT2D eigenvalue weighted by atomic mass is 9.62. The Morgan fingerprint density at radius 1 is 1.25 bits per heavy atom. The smallest absolute Gasteiger partial charge is 0.299 e. The van der Waals surface area contributed by atoms with Crippen LogP contribution >= 0.6 is 0 Å². The van der Waals surface area contributed by atoms with Crippen LogP contribution in [0.15, 0.2) is 0 Å². The lowest BCUT2D eigenvalue weighted by Gasteiger charge is -2.43. The first kappa shape index (κ1) is 19.8. The molecule has 1 unspecified atom stereocenters. The molecule has 0 heterocycles. The van der Waals surface area contributed by atoms with E-state index in [4.69, 9.17) is 0 Å². The van der Waals surface area contributed by atoms with Gasteiger partial charge in [0, 0.05) is 18.8 Å². The normalized spacial score (nSPS) is 33.4. The van der Waals surface area contributed by atoms with E-state index in [0.717, 1.165) is 25.7 Å². The Balaban J connectivity index is 2.21. The monoisotopic (exact) mass is 364 g/mol. The fourth-order valence-electron chi connectivity index (χ4n) is 4.98. The lowest BCUT2D eigenvalue weighted by molar-refractivity contribution is -0.130. The van der Waals surface area contributed by atoms with Crippen molar-refractivity contribution in [1.29, 1.82) is 0 Å². The Kier molecular flexibility index (Phi) is 4.97. The Hall–Kier alpha value is -0.520. The molecule has 2 rings (SSSR count). The minimum absolute atomic E-state index is 0.0206. The molecule has 0 N–H and O–H groups in total. The topological polar surface area (TPSA) is 51.2 Å². The standard InChI is InChI=1S/C18H30F2O3S/c1-12(11-18(19,20)24(22,23)16(2,3)4)13-8-9-14-15(21)7-6-10-17(13,14)5/h12-14H,6-11H2,1-5H3/t12-,13-,14?,17-/m1/s1. The first-order valence-corrected chi connectivity index (χ1v) is 10.4. The van der Waals surface area contributed by atoms with Gasteiger partial charge in [-0.15, -0.1) is 0 Å². The molecule has 3 nitrogen and oxygen atoms in total. The second-order valence-corrected chi connectivity index (χ2v) is 11.8. The van der Waals surface area contributed by atoms with E-state index in [1.54, 1.807) is 6.92 Å². The molecule has 0 aromatic heterocycles. The molecular formula is C18H30F2O3S. The maximum atomic E-state index is 14.6. The SMILES string of the molecule is C[C@H](CC(F)(F)S(=O)(=O)C(C)(C)C)[C@H]1CCC2C(=O)CCC[C@@]21C. The Morgan fingerprint density at radius 3 is 2.38 bits per heavy atom. The Labute approximate surface area is 144 Å². The number of Topliss-reactive ketones (excluding diaryl/α,β-unsaturated/α-hetero) is 1. The summed E-state index contributed by atoms with van der Waals surface area (Å²) in [5, 5.41) is -3.74. The van der Waals surface area contributed by atoms with E-state index in [1.807, 2.05) is 6.92 Å². The molecule has 0 radical (unpaired) electrons. The van der Waals surface area contributed by atoms with Crippen molar-refractivity contribution in [2.24, 2.45) is 23.2 Å². The summed E-state index contributed by atoms with van der Waals surface area (Å²) >= 11 is 0. The van der Waals surface area contributed by atoms with Crippen LogP contribution in [-0.4, -0.2) is 24.2 Å². The lowest BCUT2D eigenvalue weighted by Crippen LogP contribution is -2.45. The van der Waals surface area contributed by atoms with Gasteiger partial charge in [0.1, 0.15) is 5.78 Å². The summed E-state index contributed by atoms with van der Waals surface area (Å²) in [6.07, 6.45) is 3.10. The van der Waals surface area contributed by atoms with Crippen LogP contribution in [0.4, 0.5) is 8.78 Å². The highest BCUT2D eigenvalue weighted by Gasteiger charge is 2.57. The van der Waals surface area contributed by atoms with Crippen LogP contribution in [0.1, 0.15) is 73.1 Å². The van der Waals surface area contributed by atoms with Crippen molar-refractivity contribution in [3.63, 3.8) is 0 Å². The summed E-state index contributed by atoms with van der Waals surface area (Å²) in [6.45, 7) is 7.71. The summed E-state index contributed by atoms with van der Waals surface area (Å²) < 4.78 is 52.1. The minimum atomic E-state index is -4.56. The van der Waals surface area contributed by atoms with E-state index in [2.05, 4.69) is 0 Å². The summed E-state index contributed by atoms with van der Waals surface area (Å²) in [4.78, 5) is 12.2. The van der Waals surface area contributed by atoms with Crippen LogP contribution in [-0.2, 0) is 14.6 Å². The third-order valence-electron chi connectivity index (χ3n) is 6.38. The van der Waals surface area contributed by atoms with Crippen molar-refractivity contribution >= 4 is 15.6 Å². The number of sulfone groups is 1. The number of hydrogen-bond donors (Lipinski definition) is 0. The van der Waals surface area contributed by atoms with E-state index in [-0.39, 0.29) is 23.0 Å². The molecule has 2 aliphatic carbocycles. The number of carbonyl (C=O) groups excluding carboxylic acids is 1. The van der Waals surface area contributed by atoms with Gasteiger partial charge >= 0.3 is 5.25 Å².